The predicted molar refractivity (Wildman–Crippen MR) is 111 cm³/mol. The Morgan fingerprint density at radius 3 is 2.53 bits per heavy atom. The number of pyridine rings is 1. The van der Waals surface area contributed by atoms with Crippen LogP contribution in [0.15, 0.2) is 23.4 Å². The van der Waals surface area contributed by atoms with Crippen LogP contribution in [0, 0.1) is 11.3 Å². The summed E-state index contributed by atoms with van der Waals surface area (Å²) >= 11 is 0.825. The zero-order chi connectivity index (χ0) is 24.7. The van der Waals surface area contributed by atoms with Crippen molar-refractivity contribution in [3.63, 3.8) is 0 Å². The lowest BCUT2D eigenvalue weighted by atomic mass is 9.67. The van der Waals surface area contributed by atoms with E-state index in [1.165, 1.54) is 30.2 Å². The molecule has 3 saturated carbocycles. The lowest BCUT2D eigenvalue weighted by molar-refractivity contribution is -0.913. The molecule has 0 atom stereocenters. The highest BCUT2D eigenvalue weighted by atomic mass is 32.2. The van der Waals surface area contributed by atoms with Gasteiger partial charge in [0.05, 0.1) is 11.4 Å². The number of hydrogen-bond donors (Lipinski definition) is 2. The smallest absolute Gasteiger partial charge is 0.320 e. The number of fused-ring (bicyclic) bond motifs is 1. The minimum Gasteiger partial charge on any atom is -0.320 e. The molecule has 2 aromatic rings. The Balaban J connectivity index is 1.54. The number of carbonyl (C=O) groups is 1. The Morgan fingerprint density at radius 1 is 1.38 bits per heavy atom. The first-order valence-corrected chi connectivity index (χ1v) is 11.5. The first-order valence-electron chi connectivity index (χ1n) is 10.7. The second-order valence-corrected chi connectivity index (χ2v) is 10.5. The Morgan fingerprint density at radius 2 is 2.03 bits per heavy atom. The van der Waals surface area contributed by atoms with Crippen LogP contribution in [0.1, 0.15) is 54.4 Å². The molecule has 0 saturated heterocycles. The summed E-state index contributed by atoms with van der Waals surface area (Å²) in [6.45, 7) is 1.36. The molecular formula is C21H23F5N5O2S+. The van der Waals surface area contributed by atoms with E-state index in [1.54, 1.807) is 6.92 Å². The monoisotopic (exact) mass is 504 g/mol. The summed E-state index contributed by atoms with van der Waals surface area (Å²) in [7, 11) is 1.40. The molecule has 3 aliphatic carbocycles. The van der Waals surface area contributed by atoms with E-state index in [9.17, 15) is 26.7 Å². The van der Waals surface area contributed by atoms with Crippen LogP contribution in [-0.2, 0) is 18.1 Å². The highest BCUT2D eigenvalue weighted by Gasteiger charge is 2.74. The van der Waals surface area contributed by atoms with Gasteiger partial charge in [-0.1, -0.05) is 6.92 Å². The summed E-state index contributed by atoms with van der Waals surface area (Å²) in [5, 5.41) is 12.7. The molecule has 0 aliphatic heterocycles. The van der Waals surface area contributed by atoms with E-state index in [2.05, 4.69) is 10.4 Å². The van der Waals surface area contributed by atoms with E-state index in [1.807, 2.05) is 0 Å². The third kappa shape index (κ3) is 3.82. The van der Waals surface area contributed by atoms with Crippen LogP contribution < -0.4 is 20.0 Å². The molecule has 3 aliphatic rings. The molecule has 34 heavy (non-hydrogen) atoms. The van der Waals surface area contributed by atoms with Crippen molar-refractivity contribution >= 4 is 23.5 Å². The predicted octanol–water partition coefficient (Wildman–Crippen LogP) is 3.56. The number of aromatic nitrogens is 3. The fraction of sp³-hybridized carbons (Fsp3) is 0.571. The third-order valence-electron chi connectivity index (χ3n) is 6.97. The largest absolute Gasteiger partial charge is 0.420 e. The number of nitrogens with two attached hydrogens (primary N) is 1. The van der Waals surface area contributed by atoms with Gasteiger partial charge in [-0.3, -0.25) is 19.5 Å². The zero-order valence-electron chi connectivity index (χ0n) is 18.4. The normalized spacial score (nSPS) is 25.8. The van der Waals surface area contributed by atoms with Gasteiger partial charge in [-0.15, -0.1) is 0 Å². The lowest BCUT2D eigenvalue weighted by Gasteiger charge is -2.44. The van der Waals surface area contributed by atoms with Crippen molar-refractivity contribution in [2.45, 2.75) is 61.7 Å². The number of alkyl halides is 5. The molecule has 0 bridgehead atoms. The number of nitrogens with zero attached hydrogens (tertiary/aromatic N) is 3. The van der Waals surface area contributed by atoms with Gasteiger partial charge in [-0.25, -0.2) is 8.78 Å². The minimum atomic E-state index is -4.83. The third-order valence-corrected chi connectivity index (χ3v) is 7.51. The van der Waals surface area contributed by atoms with Gasteiger partial charge >= 0.3 is 11.2 Å². The SMILES string of the molecule is CO[n+]1ccc(NC(=O)c2c(C(F)(F)F)c(C34CC3C4)nn2CC2(C)CC(F)(F)C2)cc1SN. The molecule has 0 radical (unpaired) electrons. The van der Waals surface area contributed by atoms with Crippen LogP contribution in [0.4, 0.5) is 27.6 Å². The number of halogens is 5. The fourth-order valence-corrected chi connectivity index (χ4v) is 5.59. The fourth-order valence-electron chi connectivity index (χ4n) is 5.15. The van der Waals surface area contributed by atoms with E-state index in [0.29, 0.717) is 17.9 Å². The summed E-state index contributed by atoms with van der Waals surface area (Å²) in [5.41, 5.74) is -3.28. The van der Waals surface area contributed by atoms with E-state index in [4.69, 9.17) is 9.98 Å². The first-order chi connectivity index (χ1) is 15.8. The van der Waals surface area contributed by atoms with Crippen molar-refractivity contribution in [3.05, 3.63) is 35.3 Å². The van der Waals surface area contributed by atoms with E-state index in [-0.39, 0.29) is 23.8 Å². The second-order valence-electron chi connectivity index (χ2n) is 9.84. The van der Waals surface area contributed by atoms with Crippen LogP contribution in [0.25, 0.3) is 0 Å². The van der Waals surface area contributed by atoms with Crippen molar-refractivity contribution in [1.29, 1.82) is 0 Å². The quantitative estimate of drug-likeness (QED) is 0.342. The van der Waals surface area contributed by atoms with Crippen LogP contribution in [0.3, 0.4) is 0 Å². The number of carbonyl (C=O) groups excluding carboxylic acids is 1. The van der Waals surface area contributed by atoms with Gasteiger partial charge in [-0.05, 0) is 24.2 Å². The van der Waals surface area contributed by atoms with Gasteiger partial charge in [0.2, 0.25) is 12.1 Å². The molecule has 1 amide bonds. The van der Waals surface area contributed by atoms with Crippen molar-refractivity contribution in [2.75, 3.05) is 12.4 Å². The molecule has 0 unspecified atom stereocenters. The van der Waals surface area contributed by atoms with Crippen molar-refractivity contribution in [3.8, 4) is 0 Å². The second kappa shape index (κ2) is 7.30. The van der Waals surface area contributed by atoms with E-state index >= 15 is 0 Å². The van der Waals surface area contributed by atoms with Crippen LogP contribution in [0.2, 0.25) is 0 Å². The summed E-state index contributed by atoms with van der Waals surface area (Å²) in [6.07, 6.45) is -3.14. The number of rotatable bonds is 7. The van der Waals surface area contributed by atoms with Crippen molar-refractivity contribution in [1.82, 2.24) is 9.78 Å². The summed E-state index contributed by atoms with van der Waals surface area (Å²) in [5.74, 6) is -3.74. The van der Waals surface area contributed by atoms with Gasteiger partial charge in [0, 0.05) is 53.6 Å². The molecule has 2 aromatic heterocycles. The molecule has 3 fully saturated rings. The molecule has 13 heteroatoms. The van der Waals surface area contributed by atoms with Crippen LogP contribution >= 0.6 is 11.9 Å². The topological polar surface area (TPSA) is 86.0 Å². The zero-order valence-corrected chi connectivity index (χ0v) is 19.2. The van der Waals surface area contributed by atoms with Crippen molar-refractivity contribution in [2.24, 2.45) is 16.5 Å². The van der Waals surface area contributed by atoms with Gasteiger partial charge < -0.3 is 5.32 Å². The number of amides is 1. The number of hydrogen-bond acceptors (Lipinski definition) is 5. The summed E-state index contributed by atoms with van der Waals surface area (Å²) in [4.78, 5) is 18.3. The summed E-state index contributed by atoms with van der Waals surface area (Å²) < 4.78 is 72.3. The number of nitrogens with one attached hydrogen (secondary N) is 1. The van der Waals surface area contributed by atoms with Gasteiger partial charge in [0.15, 0.2) is 0 Å². The molecular weight excluding hydrogens is 481 g/mol. The lowest BCUT2D eigenvalue weighted by Crippen LogP contribution is -2.47. The number of anilines is 1. The first kappa shape index (κ1) is 23.3. The molecule has 184 valence electrons. The Labute approximate surface area is 195 Å². The average Bonchev–Trinajstić information content (AvgIpc) is 3.54. The van der Waals surface area contributed by atoms with Gasteiger partial charge in [-0.2, -0.15) is 18.3 Å². The average molecular weight is 505 g/mol. The van der Waals surface area contributed by atoms with Crippen LogP contribution in [0.5, 0.6) is 0 Å². The Kier molecular flexibility index (Phi) is 5.01. The Bertz CT molecular complexity index is 1170. The maximum Gasteiger partial charge on any atom is 0.420 e. The molecule has 0 aromatic carbocycles. The highest BCUT2D eigenvalue weighted by molar-refractivity contribution is 7.96. The van der Waals surface area contributed by atoms with Gasteiger partial charge in [0.1, 0.15) is 18.4 Å². The standard InChI is InChI=1S/C21H22F5N5O2S/c1-18(8-20(22,23)9-18)10-30-15(14(21(24,25)26)16(29-30)19-6-11(19)7-19)17(32)28-12-3-4-31(33-2)13(5-12)34-27/h3-5,11H,6-10,27H2,1-2H3/p+1. The minimum absolute atomic E-state index is 0.138. The highest BCUT2D eigenvalue weighted by Crippen LogP contribution is 2.76. The Hall–Kier alpha value is -2.41. The molecule has 0 spiro atoms. The molecule has 5 rings (SSSR count). The molecule has 2 heterocycles. The van der Waals surface area contributed by atoms with Crippen molar-refractivity contribution < 1.29 is 36.3 Å². The van der Waals surface area contributed by atoms with Gasteiger partial charge in [0.25, 0.3) is 5.91 Å². The molecule has 3 N–H and O–H groups in total. The van der Waals surface area contributed by atoms with E-state index < -0.39 is 52.9 Å². The maximum atomic E-state index is 14.3. The molecule has 7 nitrogen and oxygen atoms in total. The summed E-state index contributed by atoms with van der Waals surface area (Å²) in [6, 6.07) is 2.89. The van der Waals surface area contributed by atoms with Crippen LogP contribution in [-0.4, -0.2) is 28.7 Å². The van der Waals surface area contributed by atoms with E-state index in [0.717, 1.165) is 16.6 Å². The maximum absolute atomic E-state index is 14.3.